The lowest BCUT2D eigenvalue weighted by Crippen LogP contribution is -2.47. The van der Waals surface area contributed by atoms with Crippen LogP contribution in [0.5, 0.6) is 0 Å². The topological polar surface area (TPSA) is 61.4 Å². The predicted octanol–water partition coefficient (Wildman–Crippen LogP) is 5.42. The summed E-state index contributed by atoms with van der Waals surface area (Å²) < 4.78 is 13.1. The third kappa shape index (κ3) is 6.41. The van der Waals surface area contributed by atoms with Crippen LogP contribution in [0.25, 0.3) is 0 Å². The zero-order chi connectivity index (χ0) is 23.2. The molecular formula is C27H34FN3O2. The van der Waals surface area contributed by atoms with Crippen LogP contribution < -0.4 is 10.6 Å². The molecule has 5 nitrogen and oxygen atoms in total. The quantitative estimate of drug-likeness (QED) is 0.553. The Labute approximate surface area is 195 Å². The second kappa shape index (κ2) is 10.9. The van der Waals surface area contributed by atoms with Crippen LogP contribution in [0.15, 0.2) is 48.5 Å². The number of rotatable bonds is 7. The number of nitrogens with one attached hydrogen (secondary N) is 2. The third-order valence-electron chi connectivity index (χ3n) is 7.17. The maximum Gasteiger partial charge on any atom is 0.319 e. The molecule has 0 radical (unpaired) electrons. The van der Waals surface area contributed by atoms with Gasteiger partial charge in [-0.15, -0.1) is 0 Å². The average molecular weight is 452 g/mol. The lowest BCUT2D eigenvalue weighted by molar-refractivity contribution is 0.101. The van der Waals surface area contributed by atoms with Gasteiger partial charge >= 0.3 is 6.03 Å². The minimum atomic E-state index is -0.231. The zero-order valence-electron chi connectivity index (χ0n) is 19.4. The van der Waals surface area contributed by atoms with Gasteiger partial charge in [-0.2, -0.15) is 0 Å². The molecule has 33 heavy (non-hydrogen) atoms. The first-order valence-corrected chi connectivity index (χ1v) is 12.1. The molecule has 0 unspecified atom stereocenters. The van der Waals surface area contributed by atoms with Crippen molar-refractivity contribution >= 4 is 17.5 Å². The summed E-state index contributed by atoms with van der Waals surface area (Å²) in [6, 6.07) is 14.7. The van der Waals surface area contributed by atoms with Crippen LogP contribution in [0, 0.1) is 11.7 Å². The van der Waals surface area contributed by atoms with Gasteiger partial charge in [0.1, 0.15) is 5.82 Å². The van der Waals surface area contributed by atoms with Crippen molar-refractivity contribution in [1.82, 2.24) is 10.2 Å². The second-order valence-corrected chi connectivity index (χ2v) is 9.51. The van der Waals surface area contributed by atoms with E-state index in [1.807, 2.05) is 12.1 Å². The summed E-state index contributed by atoms with van der Waals surface area (Å²) in [5.74, 6) is 0.477. The first kappa shape index (κ1) is 23.4. The van der Waals surface area contributed by atoms with E-state index in [0.717, 1.165) is 19.4 Å². The van der Waals surface area contributed by atoms with Crippen molar-refractivity contribution in [2.75, 3.05) is 18.4 Å². The van der Waals surface area contributed by atoms with Crippen molar-refractivity contribution in [1.29, 1.82) is 0 Å². The van der Waals surface area contributed by atoms with Gasteiger partial charge in [0, 0.05) is 29.9 Å². The van der Waals surface area contributed by atoms with Crippen molar-refractivity contribution in [3.05, 3.63) is 65.5 Å². The molecule has 4 rings (SSSR count). The Bertz CT molecular complexity index is 954. The number of likely N-dealkylation sites (tertiary alicyclic amines) is 1. The molecule has 2 aromatic rings. The molecule has 2 amide bonds. The maximum atomic E-state index is 13.1. The van der Waals surface area contributed by atoms with Gasteiger partial charge in [0.05, 0.1) is 0 Å². The minimum absolute atomic E-state index is 0.0203. The molecule has 1 saturated heterocycles. The summed E-state index contributed by atoms with van der Waals surface area (Å²) in [6.07, 6.45) is 8.08. The highest BCUT2D eigenvalue weighted by Crippen LogP contribution is 2.33. The van der Waals surface area contributed by atoms with Crippen LogP contribution in [-0.4, -0.2) is 41.9 Å². The van der Waals surface area contributed by atoms with Crippen molar-refractivity contribution < 1.29 is 14.0 Å². The fourth-order valence-electron chi connectivity index (χ4n) is 5.39. The Morgan fingerprint density at radius 1 is 1.03 bits per heavy atom. The molecule has 1 aliphatic heterocycles. The van der Waals surface area contributed by atoms with E-state index in [1.165, 1.54) is 44.6 Å². The smallest absolute Gasteiger partial charge is 0.319 e. The molecule has 176 valence electrons. The van der Waals surface area contributed by atoms with E-state index in [-0.39, 0.29) is 17.6 Å². The summed E-state index contributed by atoms with van der Waals surface area (Å²) >= 11 is 0. The molecule has 1 aliphatic carbocycles. The molecule has 6 heteroatoms. The van der Waals surface area contributed by atoms with Crippen molar-refractivity contribution in [3.63, 3.8) is 0 Å². The van der Waals surface area contributed by atoms with E-state index < -0.39 is 0 Å². The number of carbonyl (C=O) groups excluding carboxylic acids is 2. The number of benzene rings is 2. The average Bonchev–Trinajstić information content (AvgIpc) is 3.28. The number of Topliss-reactive ketones (excluding diaryl/α,β-unsaturated/α-hetero) is 1. The summed E-state index contributed by atoms with van der Waals surface area (Å²) in [6.45, 7) is 3.25. The van der Waals surface area contributed by atoms with E-state index in [9.17, 15) is 14.0 Å². The number of hydrogen-bond donors (Lipinski definition) is 2. The molecule has 1 saturated carbocycles. The van der Waals surface area contributed by atoms with E-state index in [2.05, 4.69) is 15.5 Å². The Hall–Kier alpha value is -2.73. The molecule has 0 aromatic heterocycles. The van der Waals surface area contributed by atoms with Crippen molar-refractivity contribution in [2.24, 2.45) is 5.92 Å². The normalized spacial score (nSPS) is 23.3. The highest BCUT2D eigenvalue weighted by molar-refractivity contribution is 5.96. The van der Waals surface area contributed by atoms with Crippen LogP contribution in [-0.2, 0) is 6.42 Å². The number of urea groups is 1. The number of halogens is 1. The molecule has 2 N–H and O–H groups in total. The van der Waals surface area contributed by atoms with Gasteiger partial charge in [-0.05, 0) is 94.2 Å². The van der Waals surface area contributed by atoms with Crippen molar-refractivity contribution in [2.45, 2.75) is 64.0 Å². The fraction of sp³-hybridized carbons (Fsp3) is 0.481. The van der Waals surface area contributed by atoms with Crippen LogP contribution >= 0.6 is 0 Å². The molecule has 1 atom stereocenters. The minimum Gasteiger partial charge on any atom is -0.336 e. The number of anilines is 1. The van der Waals surface area contributed by atoms with Gasteiger partial charge in [0.25, 0.3) is 0 Å². The van der Waals surface area contributed by atoms with Crippen LogP contribution in [0.1, 0.15) is 61.4 Å². The third-order valence-corrected chi connectivity index (χ3v) is 7.17. The number of amides is 2. The summed E-state index contributed by atoms with van der Waals surface area (Å²) in [7, 11) is 0. The molecule has 2 aliphatic rings. The predicted molar refractivity (Wildman–Crippen MR) is 129 cm³/mol. The lowest BCUT2D eigenvalue weighted by Gasteiger charge is -2.38. The van der Waals surface area contributed by atoms with Gasteiger partial charge in [-0.25, -0.2) is 9.18 Å². The van der Waals surface area contributed by atoms with Crippen LogP contribution in [0.3, 0.4) is 0 Å². The lowest BCUT2D eigenvalue weighted by atomic mass is 9.81. The summed E-state index contributed by atoms with van der Waals surface area (Å²) in [5, 5.41) is 5.87. The molecule has 1 heterocycles. The van der Waals surface area contributed by atoms with E-state index >= 15 is 0 Å². The summed E-state index contributed by atoms with van der Waals surface area (Å²) in [4.78, 5) is 26.6. The zero-order valence-corrected chi connectivity index (χ0v) is 19.4. The molecule has 0 bridgehead atoms. The Morgan fingerprint density at radius 3 is 2.52 bits per heavy atom. The number of ketones is 1. The molecule has 2 aromatic carbocycles. The molecular weight excluding hydrogens is 417 g/mol. The van der Waals surface area contributed by atoms with Crippen molar-refractivity contribution in [3.8, 4) is 0 Å². The van der Waals surface area contributed by atoms with Gasteiger partial charge in [-0.3, -0.25) is 9.69 Å². The Morgan fingerprint density at radius 2 is 1.79 bits per heavy atom. The monoisotopic (exact) mass is 451 g/mol. The largest absolute Gasteiger partial charge is 0.336 e. The number of nitrogens with zero attached hydrogens (tertiary/aromatic N) is 1. The SMILES string of the molecule is CC(=O)c1cccc(NC(=O)NC[C@@H]2CCCN2C2CCC(Cc3ccc(F)cc3)CC2)c1. The number of hydrogen-bond acceptors (Lipinski definition) is 3. The Kier molecular flexibility index (Phi) is 7.76. The summed E-state index contributed by atoms with van der Waals surface area (Å²) in [5.41, 5.74) is 2.44. The Balaban J connectivity index is 1.23. The van der Waals surface area contributed by atoms with E-state index in [1.54, 1.807) is 36.4 Å². The van der Waals surface area contributed by atoms with E-state index in [4.69, 9.17) is 0 Å². The molecule has 0 spiro atoms. The van der Waals surface area contributed by atoms with Gasteiger partial charge in [0.2, 0.25) is 0 Å². The van der Waals surface area contributed by atoms with Crippen LogP contribution in [0.4, 0.5) is 14.9 Å². The van der Waals surface area contributed by atoms with Crippen LogP contribution in [0.2, 0.25) is 0 Å². The van der Waals surface area contributed by atoms with Gasteiger partial charge < -0.3 is 10.6 Å². The standard InChI is InChI=1S/C27H34FN3O2/c1-19(32)22-4-2-5-24(17-22)30-27(33)29-18-26-6-3-15-31(26)25-13-9-21(10-14-25)16-20-7-11-23(28)12-8-20/h2,4-5,7-8,11-12,17,21,25-26H,3,6,9-10,13-16,18H2,1H3,(H2,29,30,33)/t21?,25?,26-/m0/s1. The van der Waals surface area contributed by atoms with E-state index in [0.29, 0.717) is 35.8 Å². The highest BCUT2D eigenvalue weighted by atomic mass is 19.1. The first-order valence-electron chi connectivity index (χ1n) is 12.1. The fourth-order valence-corrected chi connectivity index (χ4v) is 5.39. The maximum absolute atomic E-state index is 13.1. The second-order valence-electron chi connectivity index (χ2n) is 9.51. The van der Waals surface area contributed by atoms with Gasteiger partial charge in [0.15, 0.2) is 5.78 Å². The van der Waals surface area contributed by atoms with Gasteiger partial charge in [-0.1, -0.05) is 24.3 Å². The number of carbonyl (C=O) groups is 2. The first-order chi connectivity index (χ1) is 16.0. The highest BCUT2D eigenvalue weighted by Gasteiger charge is 2.33. The molecule has 2 fully saturated rings.